The number of hydrogen-bond donors (Lipinski definition) is 2. The molecule has 1 aromatic carbocycles. The molecule has 1 heterocycles. The van der Waals surface area contributed by atoms with Crippen LogP contribution in [0.4, 0.5) is 5.69 Å². The lowest BCUT2D eigenvalue weighted by molar-refractivity contribution is -0.129. The van der Waals surface area contributed by atoms with E-state index in [0.717, 1.165) is 12.8 Å². The third kappa shape index (κ3) is 3.53. The predicted octanol–water partition coefficient (Wildman–Crippen LogP) is 0.470. The summed E-state index contributed by atoms with van der Waals surface area (Å²) >= 11 is 0. The van der Waals surface area contributed by atoms with E-state index in [2.05, 4.69) is 10.0 Å². The fourth-order valence-corrected chi connectivity index (χ4v) is 3.81. The smallest absolute Gasteiger partial charge is 0.240 e. The van der Waals surface area contributed by atoms with Crippen LogP contribution < -0.4 is 10.0 Å². The molecule has 0 bridgehead atoms. The molecule has 0 aromatic heterocycles. The molecule has 8 heteroatoms. The van der Waals surface area contributed by atoms with Crippen LogP contribution in [0.2, 0.25) is 0 Å². The van der Waals surface area contributed by atoms with Gasteiger partial charge in [-0.15, -0.1) is 0 Å². The maximum absolute atomic E-state index is 12.3. The summed E-state index contributed by atoms with van der Waals surface area (Å²) in [5.74, 6) is -0.169. The molecule has 0 radical (unpaired) electrons. The Morgan fingerprint density at radius 1 is 1.39 bits per heavy atom. The molecule has 2 N–H and O–H groups in total. The molecule has 1 aliphatic heterocycles. The van der Waals surface area contributed by atoms with E-state index < -0.39 is 10.0 Å². The molecular formula is C15H19N3O4S. The zero-order valence-electron chi connectivity index (χ0n) is 12.8. The Bertz CT molecular complexity index is 756. The topological polar surface area (TPSA) is 95.6 Å². The van der Waals surface area contributed by atoms with Gasteiger partial charge in [0, 0.05) is 31.7 Å². The average Bonchev–Trinajstić information content (AvgIpc) is 3.23. The number of hydrogen-bond acceptors (Lipinski definition) is 4. The minimum Gasteiger partial charge on any atom is -0.339 e. The highest BCUT2D eigenvalue weighted by Gasteiger charge is 2.30. The number of fused-ring (bicyclic) bond motifs is 1. The number of amides is 2. The first-order valence-corrected chi connectivity index (χ1v) is 9.05. The third-order valence-corrected chi connectivity index (χ3v) is 5.51. The molecule has 1 fully saturated rings. The van der Waals surface area contributed by atoms with Gasteiger partial charge in [0.2, 0.25) is 21.8 Å². The zero-order valence-corrected chi connectivity index (χ0v) is 13.6. The van der Waals surface area contributed by atoms with Crippen LogP contribution in [0.15, 0.2) is 23.1 Å². The maximum atomic E-state index is 12.3. The van der Waals surface area contributed by atoms with Gasteiger partial charge in [-0.05, 0) is 36.6 Å². The van der Waals surface area contributed by atoms with Crippen LogP contribution in [0.5, 0.6) is 0 Å². The minimum absolute atomic E-state index is 0.0335. The molecule has 2 amide bonds. The molecule has 1 aliphatic carbocycles. The van der Waals surface area contributed by atoms with E-state index in [1.165, 1.54) is 19.1 Å². The number of rotatable bonds is 6. The Kier molecular flexibility index (Phi) is 4.11. The van der Waals surface area contributed by atoms with Crippen molar-refractivity contribution < 1.29 is 18.0 Å². The number of benzene rings is 1. The summed E-state index contributed by atoms with van der Waals surface area (Å²) in [5.41, 5.74) is 1.34. The summed E-state index contributed by atoms with van der Waals surface area (Å²) < 4.78 is 27.2. The molecule has 0 spiro atoms. The minimum atomic E-state index is -3.65. The number of nitrogens with zero attached hydrogens (tertiary/aromatic N) is 1. The van der Waals surface area contributed by atoms with Crippen molar-refractivity contribution >= 4 is 27.5 Å². The Hall–Kier alpha value is -1.93. The van der Waals surface area contributed by atoms with E-state index >= 15 is 0 Å². The third-order valence-electron chi connectivity index (χ3n) is 4.05. The molecule has 7 nitrogen and oxygen atoms in total. The lowest BCUT2D eigenvalue weighted by atomic mass is 10.2. The Labute approximate surface area is 135 Å². The van der Waals surface area contributed by atoms with Gasteiger partial charge in [0.1, 0.15) is 0 Å². The van der Waals surface area contributed by atoms with Crippen molar-refractivity contribution in [3.63, 3.8) is 0 Å². The van der Waals surface area contributed by atoms with Crippen LogP contribution in [0.1, 0.15) is 25.3 Å². The molecule has 0 saturated heterocycles. The van der Waals surface area contributed by atoms with Crippen LogP contribution in [0.3, 0.4) is 0 Å². The molecule has 124 valence electrons. The second kappa shape index (κ2) is 5.93. The molecular weight excluding hydrogens is 318 g/mol. The zero-order chi connectivity index (χ0) is 16.6. The molecule has 2 aliphatic rings. The van der Waals surface area contributed by atoms with E-state index in [4.69, 9.17) is 0 Å². The van der Waals surface area contributed by atoms with E-state index in [0.29, 0.717) is 17.8 Å². The van der Waals surface area contributed by atoms with E-state index in [-0.39, 0.29) is 35.7 Å². The quantitative estimate of drug-likeness (QED) is 0.789. The number of anilines is 1. The molecule has 3 rings (SSSR count). The summed E-state index contributed by atoms with van der Waals surface area (Å²) in [7, 11) is -3.65. The molecule has 0 atom stereocenters. The van der Waals surface area contributed by atoms with Crippen LogP contribution in [0, 0.1) is 0 Å². The normalized spacial score (nSPS) is 16.8. The first-order valence-electron chi connectivity index (χ1n) is 7.56. The van der Waals surface area contributed by atoms with E-state index in [9.17, 15) is 18.0 Å². The summed E-state index contributed by atoms with van der Waals surface area (Å²) in [6.07, 6.45) is 2.16. The first-order chi connectivity index (χ1) is 10.9. The van der Waals surface area contributed by atoms with Gasteiger partial charge in [0.05, 0.1) is 11.3 Å². The standard InChI is InChI=1S/C15H19N3O4S/c1-10(19)18(12-2-3-12)7-6-16-23(21,22)13-4-5-14-11(8-13)9-15(20)17-14/h4-5,8,12,16H,2-3,6-7,9H2,1H3,(H,17,20). The highest BCUT2D eigenvalue weighted by atomic mass is 32.2. The molecule has 1 saturated carbocycles. The van der Waals surface area contributed by atoms with Gasteiger partial charge in [-0.25, -0.2) is 13.1 Å². The maximum Gasteiger partial charge on any atom is 0.240 e. The van der Waals surface area contributed by atoms with Gasteiger partial charge in [-0.1, -0.05) is 0 Å². The van der Waals surface area contributed by atoms with Gasteiger partial charge in [0.25, 0.3) is 0 Å². The van der Waals surface area contributed by atoms with Gasteiger partial charge >= 0.3 is 0 Å². The number of carbonyl (C=O) groups is 2. The lowest BCUT2D eigenvalue weighted by Crippen LogP contribution is -2.38. The highest BCUT2D eigenvalue weighted by Crippen LogP contribution is 2.27. The van der Waals surface area contributed by atoms with Crippen molar-refractivity contribution in [2.45, 2.75) is 37.1 Å². The summed E-state index contributed by atoms with van der Waals surface area (Å²) in [6.45, 7) is 2.04. The summed E-state index contributed by atoms with van der Waals surface area (Å²) in [5, 5.41) is 2.67. The van der Waals surface area contributed by atoms with Gasteiger partial charge in [-0.3, -0.25) is 9.59 Å². The SMILES string of the molecule is CC(=O)N(CCNS(=O)(=O)c1ccc2c(c1)CC(=O)N2)C1CC1. The highest BCUT2D eigenvalue weighted by molar-refractivity contribution is 7.89. The first kappa shape index (κ1) is 15.9. The molecule has 23 heavy (non-hydrogen) atoms. The lowest BCUT2D eigenvalue weighted by Gasteiger charge is -2.20. The fraction of sp³-hybridized carbons (Fsp3) is 0.467. The van der Waals surface area contributed by atoms with Crippen molar-refractivity contribution in [2.75, 3.05) is 18.4 Å². The monoisotopic (exact) mass is 337 g/mol. The van der Waals surface area contributed by atoms with Gasteiger partial charge < -0.3 is 10.2 Å². The van der Waals surface area contributed by atoms with Crippen LogP contribution in [-0.2, 0) is 26.0 Å². The predicted molar refractivity (Wildman–Crippen MR) is 84.4 cm³/mol. The van der Waals surface area contributed by atoms with E-state index in [1.807, 2.05) is 0 Å². The van der Waals surface area contributed by atoms with Crippen molar-refractivity contribution in [3.8, 4) is 0 Å². The second-order valence-electron chi connectivity index (χ2n) is 5.89. The van der Waals surface area contributed by atoms with E-state index in [1.54, 1.807) is 11.0 Å². The Balaban J connectivity index is 1.64. The van der Waals surface area contributed by atoms with Crippen molar-refractivity contribution in [1.82, 2.24) is 9.62 Å². The average molecular weight is 337 g/mol. The Morgan fingerprint density at radius 3 is 2.78 bits per heavy atom. The number of carbonyl (C=O) groups excluding carboxylic acids is 2. The number of sulfonamides is 1. The molecule has 1 aromatic rings. The Morgan fingerprint density at radius 2 is 2.13 bits per heavy atom. The fourth-order valence-electron chi connectivity index (χ4n) is 2.74. The second-order valence-corrected chi connectivity index (χ2v) is 7.65. The van der Waals surface area contributed by atoms with Crippen LogP contribution in [-0.4, -0.2) is 44.3 Å². The van der Waals surface area contributed by atoms with Crippen molar-refractivity contribution in [3.05, 3.63) is 23.8 Å². The number of nitrogens with one attached hydrogen (secondary N) is 2. The summed E-state index contributed by atoms with van der Waals surface area (Å²) in [6, 6.07) is 4.84. The van der Waals surface area contributed by atoms with Crippen LogP contribution in [0.25, 0.3) is 0 Å². The van der Waals surface area contributed by atoms with Crippen molar-refractivity contribution in [2.24, 2.45) is 0 Å². The molecule has 0 unspecified atom stereocenters. The summed E-state index contributed by atoms with van der Waals surface area (Å²) in [4.78, 5) is 24.7. The largest absolute Gasteiger partial charge is 0.339 e. The van der Waals surface area contributed by atoms with Gasteiger partial charge in [0.15, 0.2) is 0 Å². The van der Waals surface area contributed by atoms with Crippen LogP contribution >= 0.6 is 0 Å². The van der Waals surface area contributed by atoms with Crippen molar-refractivity contribution in [1.29, 1.82) is 0 Å². The van der Waals surface area contributed by atoms with Gasteiger partial charge in [-0.2, -0.15) is 0 Å².